The number of carbonyl (C=O) groups is 1. The molecule has 1 aromatic carbocycles. The first kappa shape index (κ1) is 15.3. The van der Waals surface area contributed by atoms with E-state index in [2.05, 4.69) is 10.6 Å². The summed E-state index contributed by atoms with van der Waals surface area (Å²) >= 11 is 1.57. The molecule has 5 nitrogen and oxygen atoms in total. The Bertz CT molecular complexity index is 439. The lowest BCUT2D eigenvalue weighted by Gasteiger charge is -2.18. The van der Waals surface area contributed by atoms with Gasteiger partial charge in [0.1, 0.15) is 0 Å². The van der Waals surface area contributed by atoms with E-state index in [9.17, 15) is 4.79 Å². The molecule has 1 aromatic rings. The molecule has 2 rings (SSSR count). The molecule has 0 unspecified atom stereocenters. The second-order valence-electron chi connectivity index (χ2n) is 4.61. The van der Waals surface area contributed by atoms with Crippen LogP contribution in [-0.4, -0.2) is 55.7 Å². The monoisotopic (exact) mass is 296 g/mol. The summed E-state index contributed by atoms with van der Waals surface area (Å²) in [4.78, 5) is 13.2. The summed E-state index contributed by atoms with van der Waals surface area (Å²) in [5.74, 6) is 0.578. The zero-order chi connectivity index (χ0) is 14.4. The van der Waals surface area contributed by atoms with E-state index < -0.39 is 0 Å². The average Bonchev–Trinajstić information content (AvgIpc) is 2.92. The van der Waals surface area contributed by atoms with Crippen molar-refractivity contribution in [2.45, 2.75) is 17.0 Å². The number of benzene rings is 1. The molecule has 1 fully saturated rings. The van der Waals surface area contributed by atoms with Gasteiger partial charge in [0.25, 0.3) is 5.91 Å². The van der Waals surface area contributed by atoms with Crippen molar-refractivity contribution in [3.63, 3.8) is 0 Å². The van der Waals surface area contributed by atoms with Crippen molar-refractivity contribution < 1.29 is 14.6 Å². The fraction of sp³-hybridized carbons (Fsp3) is 0.500. The van der Waals surface area contributed by atoms with Crippen LogP contribution in [0.4, 0.5) is 0 Å². The molecule has 6 heteroatoms. The molecule has 0 radical (unpaired) electrons. The number of hydrogen-bond acceptors (Lipinski definition) is 5. The first-order chi connectivity index (χ1) is 9.74. The van der Waals surface area contributed by atoms with Gasteiger partial charge < -0.3 is 20.5 Å². The molecule has 110 valence electrons. The molecule has 0 bridgehead atoms. The highest BCUT2D eigenvalue weighted by Crippen LogP contribution is 2.18. The highest BCUT2D eigenvalue weighted by atomic mass is 32.2. The second-order valence-corrected chi connectivity index (χ2v) is 5.78. The summed E-state index contributed by atoms with van der Waals surface area (Å²) < 4.78 is 5.32. The zero-order valence-corrected chi connectivity index (χ0v) is 12.3. The minimum Gasteiger partial charge on any atom is -0.396 e. The van der Waals surface area contributed by atoms with Gasteiger partial charge in [-0.05, 0) is 24.3 Å². The lowest BCUT2D eigenvalue weighted by molar-refractivity contribution is 0.0780. The maximum Gasteiger partial charge on any atom is 0.251 e. The average molecular weight is 296 g/mol. The van der Waals surface area contributed by atoms with Gasteiger partial charge >= 0.3 is 0 Å². The van der Waals surface area contributed by atoms with Crippen LogP contribution in [0.25, 0.3) is 0 Å². The fourth-order valence-corrected chi connectivity index (χ4v) is 2.82. The van der Waals surface area contributed by atoms with Crippen LogP contribution in [0.3, 0.4) is 0 Å². The van der Waals surface area contributed by atoms with Gasteiger partial charge in [-0.1, -0.05) is 0 Å². The number of carbonyl (C=O) groups excluding carboxylic acids is 1. The molecule has 1 amide bonds. The van der Waals surface area contributed by atoms with Crippen LogP contribution in [0.2, 0.25) is 0 Å². The number of ether oxygens (including phenoxy) is 1. The summed E-state index contributed by atoms with van der Waals surface area (Å²) in [5, 5.41) is 15.0. The predicted molar refractivity (Wildman–Crippen MR) is 79.2 cm³/mol. The molecule has 1 saturated heterocycles. The lowest BCUT2D eigenvalue weighted by Crippen LogP contribution is -2.43. The smallest absolute Gasteiger partial charge is 0.251 e. The van der Waals surface area contributed by atoms with Crippen molar-refractivity contribution in [3.8, 4) is 0 Å². The number of aliphatic hydroxyl groups excluding tert-OH is 1. The summed E-state index contributed by atoms with van der Waals surface area (Å²) in [5.41, 5.74) is 0.639. The van der Waals surface area contributed by atoms with E-state index in [4.69, 9.17) is 9.84 Å². The van der Waals surface area contributed by atoms with Crippen LogP contribution in [-0.2, 0) is 4.74 Å². The number of amides is 1. The molecule has 1 heterocycles. The lowest BCUT2D eigenvalue weighted by atomic mass is 10.1. The van der Waals surface area contributed by atoms with Crippen LogP contribution in [0, 0.1) is 0 Å². The molecule has 1 aliphatic heterocycles. The van der Waals surface area contributed by atoms with Crippen molar-refractivity contribution in [1.82, 2.24) is 10.6 Å². The third-order valence-electron chi connectivity index (χ3n) is 3.25. The van der Waals surface area contributed by atoms with Gasteiger partial charge in [0, 0.05) is 36.4 Å². The Hall–Kier alpha value is -1.08. The quantitative estimate of drug-likeness (QED) is 0.667. The first-order valence-corrected chi connectivity index (χ1v) is 7.61. The first-order valence-electron chi connectivity index (χ1n) is 6.62. The normalized spacial score (nSPS) is 21.9. The Morgan fingerprint density at radius 2 is 2.20 bits per heavy atom. The van der Waals surface area contributed by atoms with Crippen molar-refractivity contribution in [2.75, 3.05) is 32.6 Å². The number of methoxy groups -OCH3 is 1. The molecule has 0 spiro atoms. The zero-order valence-electron chi connectivity index (χ0n) is 11.5. The Balaban J connectivity index is 1.92. The van der Waals surface area contributed by atoms with Gasteiger partial charge in [-0.15, -0.1) is 11.8 Å². The van der Waals surface area contributed by atoms with E-state index in [-0.39, 0.29) is 24.7 Å². The molecule has 0 aliphatic carbocycles. The van der Waals surface area contributed by atoms with Crippen LogP contribution in [0.5, 0.6) is 0 Å². The van der Waals surface area contributed by atoms with Gasteiger partial charge in [0.05, 0.1) is 18.8 Å². The van der Waals surface area contributed by atoms with E-state index in [1.54, 1.807) is 31.0 Å². The SMILES string of the molecule is CO[C@H]1CNC[C@@H]1NC(=O)c1ccc(SCCO)cc1. The highest BCUT2D eigenvalue weighted by Gasteiger charge is 2.28. The summed E-state index contributed by atoms with van der Waals surface area (Å²) in [6, 6.07) is 7.42. The van der Waals surface area contributed by atoms with E-state index >= 15 is 0 Å². The Morgan fingerprint density at radius 3 is 2.85 bits per heavy atom. The van der Waals surface area contributed by atoms with E-state index in [1.165, 1.54) is 0 Å². The van der Waals surface area contributed by atoms with Crippen LogP contribution >= 0.6 is 11.8 Å². The molecule has 3 N–H and O–H groups in total. The third-order valence-corrected chi connectivity index (χ3v) is 4.25. The van der Waals surface area contributed by atoms with Gasteiger partial charge in [-0.3, -0.25) is 4.79 Å². The van der Waals surface area contributed by atoms with Gasteiger partial charge in [-0.2, -0.15) is 0 Å². The standard InChI is InChI=1S/C14H20N2O3S/c1-19-13-9-15-8-12(13)16-14(18)10-2-4-11(5-3-10)20-7-6-17/h2-5,12-13,15,17H,6-9H2,1H3,(H,16,18)/t12-,13-/m0/s1. The molecular weight excluding hydrogens is 276 g/mol. The summed E-state index contributed by atoms with van der Waals surface area (Å²) in [7, 11) is 1.66. The number of aliphatic hydroxyl groups is 1. The van der Waals surface area contributed by atoms with Crippen LogP contribution in [0.1, 0.15) is 10.4 Å². The predicted octanol–water partition coefficient (Wildman–Crippen LogP) is 0.488. The topological polar surface area (TPSA) is 70.6 Å². The Labute approximate surface area is 123 Å². The molecule has 1 aliphatic rings. The minimum atomic E-state index is -0.0838. The van der Waals surface area contributed by atoms with Gasteiger partial charge in [0.15, 0.2) is 0 Å². The number of rotatable bonds is 6. The second kappa shape index (κ2) is 7.64. The molecule has 0 saturated carbocycles. The van der Waals surface area contributed by atoms with E-state index in [0.717, 1.165) is 18.0 Å². The van der Waals surface area contributed by atoms with Crippen molar-refractivity contribution in [1.29, 1.82) is 0 Å². The highest BCUT2D eigenvalue weighted by molar-refractivity contribution is 7.99. The molecule has 20 heavy (non-hydrogen) atoms. The molecule has 2 atom stereocenters. The summed E-state index contributed by atoms with van der Waals surface area (Å²) in [6.07, 6.45) is 0.0262. The summed E-state index contributed by atoms with van der Waals surface area (Å²) in [6.45, 7) is 1.65. The number of thioether (sulfide) groups is 1. The maximum absolute atomic E-state index is 12.1. The third kappa shape index (κ3) is 3.96. The van der Waals surface area contributed by atoms with E-state index in [0.29, 0.717) is 11.3 Å². The largest absolute Gasteiger partial charge is 0.396 e. The van der Waals surface area contributed by atoms with Gasteiger partial charge in [-0.25, -0.2) is 0 Å². The van der Waals surface area contributed by atoms with Crippen molar-refractivity contribution in [3.05, 3.63) is 29.8 Å². The van der Waals surface area contributed by atoms with Crippen molar-refractivity contribution in [2.24, 2.45) is 0 Å². The molecular formula is C14H20N2O3S. The van der Waals surface area contributed by atoms with Gasteiger partial charge in [0.2, 0.25) is 0 Å². The Kier molecular flexibility index (Phi) is 5.85. The Morgan fingerprint density at radius 1 is 1.45 bits per heavy atom. The fourth-order valence-electron chi connectivity index (χ4n) is 2.16. The number of hydrogen-bond donors (Lipinski definition) is 3. The van der Waals surface area contributed by atoms with E-state index in [1.807, 2.05) is 12.1 Å². The van der Waals surface area contributed by atoms with Crippen LogP contribution in [0.15, 0.2) is 29.2 Å². The number of nitrogens with one attached hydrogen (secondary N) is 2. The maximum atomic E-state index is 12.1. The molecule has 0 aromatic heterocycles. The van der Waals surface area contributed by atoms with Crippen molar-refractivity contribution >= 4 is 17.7 Å². The van der Waals surface area contributed by atoms with Crippen LogP contribution < -0.4 is 10.6 Å². The minimum absolute atomic E-state index is 0.0101.